The van der Waals surface area contributed by atoms with Crippen LogP contribution in [0.15, 0.2) is 26.6 Å². The Morgan fingerprint density at radius 3 is 2.61 bits per heavy atom. The van der Waals surface area contributed by atoms with Crippen molar-refractivity contribution in [2.45, 2.75) is 26.2 Å². The molecule has 0 aliphatic rings. The topological polar surface area (TPSA) is 155 Å². The average molecular weight is 387 g/mol. The molecule has 0 radical (unpaired) electrons. The summed E-state index contributed by atoms with van der Waals surface area (Å²) in [5.41, 5.74) is 15.7. The molecule has 0 aliphatic carbocycles. The van der Waals surface area contributed by atoms with Crippen molar-refractivity contribution in [1.29, 1.82) is 0 Å². The van der Waals surface area contributed by atoms with Gasteiger partial charge in [-0.3, -0.25) is 10.1 Å². The second-order valence-electron chi connectivity index (χ2n) is 4.59. The molecule has 1 rings (SSSR count). The van der Waals surface area contributed by atoms with Crippen molar-refractivity contribution in [3.8, 4) is 5.75 Å². The lowest BCUT2D eigenvalue weighted by atomic mass is 10.2. The van der Waals surface area contributed by atoms with E-state index in [1.807, 2.05) is 0 Å². The predicted octanol–water partition coefficient (Wildman–Crippen LogP) is 2.15. The van der Waals surface area contributed by atoms with Crippen molar-refractivity contribution in [1.82, 2.24) is 0 Å². The van der Waals surface area contributed by atoms with Crippen molar-refractivity contribution in [3.63, 3.8) is 0 Å². The molecule has 23 heavy (non-hydrogen) atoms. The van der Waals surface area contributed by atoms with E-state index in [2.05, 4.69) is 32.8 Å². The van der Waals surface area contributed by atoms with Gasteiger partial charge in [-0.1, -0.05) is 19.8 Å². The Morgan fingerprint density at radius 1 is 1.35 bits per heavy atom. The number of nitro groups is 1. The van der Waals surface area contributed by atoms with E-state index in [1.54, 1.807) is 0 Å². The van der Waals surface area contributed by atoms with E-state index in [0.717, 1.165) is 19.3 Å². The molecular formula is C13H19BrN6O3. The number of nitro benzene ring substituents is 1. The third-order valence-electron chi connectivity index (χ3n) is 2.71. The molecular weight excluding hydrogens is 368 g/mol. The normalized spacial score (nSPS) is 11.1. The Balaban J connectivity index is 3.15. The minimum absolute atomic E-state index is 0.00573. The molecule has 0 bridgehead atoms. The molecule has 1 aromatic carbocycles. The summed E-state index contributed by atoms with van der Waals surface area (Å²) in [7, 11) is 0. The maximum Gasteiger partial charge on any atom is 0.296 e. The molecule has 0 unspecified atom stereocenters. The third kappa shape index (κ3) is 6.10. The molecule has 0 amide bonds. The van der Waals surface area contributed by atoms with Crippen molar-refractivity contribution in [3.05, 3.63) is 26.7 Å². The second-order valence-corrected chi connectivity index (χ2v) is 5.45. The van der Waals surface area contributed by atoms with Crippen LogP contribution in [0.3, 0.4) is 0 Å². The Morgan fingerprint density at radius 2 is 2.04 bits per heavy atom. The first-order valence-electron chi connectivity index (χ1n) is 6.89. The number of ether oxygens (including phenoxy) is 1. The summed E-state index contributed by atoms with van der Waals surface area (Å²) in [4.78, 5) is 18.0. The van der Waals surface area contributed by atoms with Gasteiger partial charge in [0.05, 0.1) is 16.0 Å². The molecule has 1 aromatic rings. The fourth-order valence-electron chi connectivity index (χ4n) is 1.69. The van der Waals surface area contributed by atoms with E-state index in [-0.39, 0.29) is 23.3 Å². The van der Waals surface area contributed by atoms with Crippen LogP contribution in [0.2, 0.25) is 0 Å². The maximum absolute atomic E-state index is 11.1. The van der Waals surface area contributed by atoms with Crippen LogP contribution in [-0.2, 0) is 0 Å². The van der Waals surface area contributed by atoms with Gasteiger partial charge in [-0.25, -0.2) is 4.99 Å². The predicted molar refractivity (Wildman–Crippen MR) is 92.9 cm³/mol. The van der Waals surface area contributed by atoms with Crippen LogP contribution in [0, 0.1) is 10.1 Å². The lowest BCUT2D eigenvalue weighted by Gasteiger charge is -2.09. The number of rotatable bonds is 7. The minimum Gasteiger partial charge on any atom is -0.492 e. The molecule has 0 spiro atoms. The number of guanidine groups is 2. The molecule has 0 heterocycles. The van der Waals surface area contributed by atoms with Crippen LogP contribution in [0.1, 0.15) is 26.2 Å². The van der Waals surface area contributed by atoms with Gasteiger partial charge in [0.15, 0.2) is 5.96 Å². The van der Waals surface area contributed by atoms with Gasteiger partial charge in [0.25, 0.3) is 5.69 Å². The quantitative estimate of drug-likeness (QED) is 0.214. The monoisotopic (exact) mass is 386 g/mol. The lowest BCUT2D eigenvalue weighted by molar-refractivity contribution is -0.384. The highest BCUT2D eigenvalue weighted by Crippen LogP contribution is 2.37. The van der Waals surface area contributed by atoms with Crippen LogP contribution >= 0.6 is 15.9 Å². The number of halogens is 1. The Hall–Kier alpha value is -2.36. The van der Waals surface area contributed by atoms with Gasteiger partial charge in [0.2, 0.25) is 5.96 Å². The van der Waals surface area contributed by atoms with E-state index in [1.165, 1.54) is 12.1 Å². The summed E-state index contributed by atoms with van der Waals surface area (Å²) in [5, 5.41) is 11.1. The van der Waals surface area contributed by atoms with Gasteiger partial charge < -0.3 is 21.9 Å². The van der Waals surface area contributed by atoms with Gasteiger partial charge in [0, 0.05) is 12.1 Å². The summed E-state index contributed by atoms with van der Waals surface area (Å²) in [6.45, 7) is 2.58. The zero-order valence-corrected chi connectivity index (χ0v) is 14.2. The first-order chi connectivity index (χ1) is 10.8. The van der Waals surface area contributed by atoms with Gasteiger partial charge in [-0.15, -0.1) is 0 Å². The van der Waals surface area contributed by atoms with Gasteiger partial charge in [-0.05, 0) is 22.4 Å². The zero-order valence-electron chi connectivity index (χ0n) is 12.7. The smallest absolute Gasteiger partial charge is 0.296 e. The van der Waals surface area contributed by atoms with Gasteiger partial charge >= 0.3 is 0 Å². The number of unbranched alkanes of at least 4 members (excludes halogenated alkanes) is 2. The second kappa shape index (κ2) is 8.93. The fraction of sp³-hybridized carbons (Fsp3) is 0.385. The SMILES string of the molecule is CCCCCOc1cc(N=C(N)N=C(N)N)c([N+](=O)[O-])cc1Br. The highest BCUT2D eigenvalue weighted by atomic mass is 79.9. The van der Waals surface area contributed by atoms with Crippen LogP contribution in [0.5, 0.6) is 5.75 Å². The molecule has 0 fully saturated rings. The molecule has 10 heteroatoms. The van der Waals surface area contributed by atoms with Gasteiger partial charge in [0.1, 0.15) is 11.4 Å². The van der Waals surface area contributed by atoms with Crippen LogP contribution in [0.4, 0.5) is 11.4 Å². The molecule has 0 saturated heterocycles. The Kier molecular flexibility index (Phi) is 7.26. The lowest BCUT2D eigenvalue weighted by Crippen LogP contribution is -2.26. The summed E-state index contributed by atoms with van der Waals surface area (Å²) >= 11 is 3.25. The van der Waals surface area contributed by atoms with E-state index in [9.17, 15) is 10.1 Å². The minimum atomic E-state index is -0.576. The largest absolute Gasteiger partial charge is 0.492 e. The zero-order chi connectivity index (χ0) is 17.4. The van der Waals surface area contributed by atoms with E-state index in [0.29, 0.717) is 16.8 Å². The molecule has 0 aliphatic heterocycles. The third-order valence-corrected chi connectivity index (χ3v) is 3.33. The highest BCUT2D eigenvalue weighted by molar-refractivity contribution is 9.10. The maximum atomic E-state index is 11.1. The van der Waals surface area contributed by atoms with Crippen LogP contribution < -0.4 is 21.9 Å². The van der Waals surface area contributed by atoms with Crippen molar-refractivity contribution < 1.29 is 9.66 Å². The Bertz CT molecular complexity index is 628. The van der Waals surface area contributed by atoms with E-state index >= 15 is 0 Å². The molecule has 6 N–H and O–H groups in total. The molecule has 126 valence electrons. The summed E-state index contributed by atoms with van der Waals surface area (Å²) < 4.78 is 6.07. The highest BCUT2D eigenvalue weighted by Gasteiger charge is 2.18. The number of nitrogens with zero attached hydrogens (tertiary/aromatic N) is 3. The molecule has 0 atom stereocenters. The van der Waals surface area contributed by atoms with Crippen molar-refractivity contribution in [2.75, 3.05) is 6.61 Å². The van der Waals surface area contributed by atoms with Crippen molar-refractivity contribution >= 4 is 39.2 Å². The number of nitrogens with two attached hydrogens (primary N) is 3. The van der Waals surface area contributed by atoms with Crippen LogP contribution in [0.25, 0.3) is 0 Å². The summed E-state index contributed by atoms with van der Waals surface area (Å²) in [6.07, 6.45) is 2.98. The number of hydrogen-bond donors (Lipinski definition) is 3. The Labute approximate surface area is 141 Å². The number of hydrogen-bond acceptors (Lipinski definition) is 4. The van der Waals surface area contributed by atoms with E-state index in [4.69, 9.17) is 21.9 Å². The summed E-state index contributed by atoms with van der Waals surface area (Å²) in [5.74, 6) is -0.141. The standard InChI is InChI=1S/C13H19BrN6O3/c1-2-3-4-5-23-11-7-9(18-13(17)19-12(15)16)10(20(21)22)6-8(11)14/h6-7H,2-5H2,1H3,(H6,15,16,17,18,19). The first-order valence-corrected chi connectivity index (χ1v) is 7.69. The first kappa shape index (κ1) is 18.7. The summed E-state index contributed by atoms with van der Waals surface area (Å²) in [6, 6.07) is 2.72. The molecule has 9 nitrogen and oxygen atoms in total. The molecule has 0 saturated carbocycles. The number of aliphatic imine (C=N–C) groups is 2. The van der Waals surface area contributed by atoms with Crippen molar-refractivity contribution in [2.24, 2.45) is 27.2 Å². The molecule has 0 aromatic heterocycles. The number of benzene rings is 1. The van der Waals surface area contributed by atoms with E-state index < -0.39 is 4.92 Å². The fourth-order valence-corrected chi connectivity index (χ4v) is 2.14. The van der Waals surface area contributed by atoms with Gasteiger partial charge in [-0.2, -0.15) is 4.99 Å². The van der Waals surface area contributed by atoms with Crippen LogP contribution in [-0.4, -0.2) is 23.4 Å². The average Bonchev–Trinajstić information content (AvgIpc) is 2.45.